The van der Waals surface area contributed by atoms with E-state index in [0.717, 1.165) is 18.5 Å². The minimum atomic E-state index is 0.885. The molecule has 0 fully saturated rings. The van der Waals surface area contributed by atoms with Crippen LogP contribution < -0.4 is 0 Å². The Balaban J connectivity index is 2.74. The maximum atomic E-state index is 3.94. The third-order valence-electron chi connectivity index (χ3n) is 1.22. The van der Waals surface area contributed by atoms with Crippen molar-refractivity contribution in [1.82, 2.24) is 9.78 Å². The third-order valence-corrected chi connectivity index (χ3v) is 1.22. The summed E-state index contributed by atoms with van der Waals surface area (Å²) >= 11 is 0. The summed E-state index contributed by atoms with van der Waals surface area (Å²) in [6.45, 7) is 5.00. The van der Waals surface area contributed by atoms with Gasteiger partial charge in [-0.3, -0.25) is 4.68 Å². The van der Waals surface area contributed by atoms with Crippen LogP contribution in [-0.4, -0.2) is 9.78 Å². The van der Waals surface area contributed by atoms with Crippen LogP contribution >= 0.6 is 0 Å². The first-order valence-corrected chi connectivity index (χ1v) is 3.23. The van der Waals surface area contributed by atoms with Crippen LogP contribution in [0.5, 0.6) is 0 Å². The van der Waals surface area contributed by atoms with Gasteiger partial charge in [0.2, 0.25) is 0 Å². The molecule has 2 nitrogen and oxygen atoms in total. The zero-order chi connectivity index (χ0) is 6.69. The zero-order valence-corrected chi connectivity index (χ0v) is 5.81. The van der Waals surface area contributed by atoms with Crippen LogP contribution in [0.3, 0.4) is 0 Å². The molecule has 0 aromatic carbocycles. The fourth-order valence-electron chi connectivity index (χ4n) is 0.634. The third kappa shape index (κ3) is 1.31. The van der Waals surface area contributed by atoms with Crippen LogP contribution in [0.1, 0.15) is 19.4 Å². The predicted molar refractivity (Wildman–Crippen MR) is 35.0 cm³/mol. The van der Waals surface area contributed by atoms with E-state index >= 15 is 0 Å². The minimum absolute atomic E-state index is 0.885. The summed E-state index contributed by atoms with van der Waals surface area (Å²) in [5, 5.41) is 3.94. The lowest BCUT2D eigenvalue weighted by Crippen LogP contribution is -1.92. The Morgan fingerprint density at radius 1 is 1.56 bits per heavy atom. The van der Waals surface area contributed by atoms with Crippen LogP contribution in [0.4, 0.5) is 0 Å². The van der Waals surface area contributed by atoms with Gasteiger partial charge in [0.1, 0.15) is 6.20 Å². The maximum absolute atomic E-state index is 3.94. The van der Waals surface area contributed by atoms with Gasteiger partial charge in [-0.15, -0.1) is 0 Å². The highest BCUT2D eigenvalue weighted by atomic mass is 15.3. The van der Waals surface area contributed by atoms with Crippen LogP contribution in [0.25, 0.3) is 0 Å². The average Bonchev–Trinajstić information content (AvgIpc) is 2.34. The van der Waals surface area contributed by atoms with E-state index in [0.29, 0.717) is 0 Å². The van der Waals surface area contributed by atoms with E-state index in [1.165, 1.54) is 0 Å². The molecule has 0 aliphatic carbocycles. The second kappa shape index (κ2) is 2.67. The fraction of sp³-hybridized carbons (Fsp3) is 0.571. The van der Waals surface area contributed by atoms with E-state index in [4.69, 9.17) is 0 Å². The average molecular weight is 122 g/mol. The molecule has 1 aromatic rings. The molecular weight excluding hydrogens is 112 g/mol. The Kier molecular flexibility index (Phi) is 1.88. The van der Waals surface area contributed by atoms with E-state index in [2.05, 4.69) is 24.4 Å². The van der Waals surface area contributed by atoms with E-state index in [9.17, 15) is 0 Å². The number of aromatic nitrogens is 2. The van der Waals surface area contributed by atoms with Gasteiger partial charge in [-0.1, -0.05) is 6.92 Å². The molecule has 0 atom stereocenters. The molecule has 2 heteroatoms. The lowest BCUT2D eigenvalue weighted by molar-refractivity contribution is 0.653. The van der Waals surface area contributed by atoms with Gasteiger partial charge in [0.05, 0.1) is 6.20 Å². The highest BCUT2D eigenvalue weighted by Gasteiger charge is 1.93. The van der Waals surface area contributed by atoms with Crippen molar-refractivity contribution in [1.29, 1.82) is 0 Å². The van der Waals surface area contributed by atoms with E-state index < -0.39 is 0 Å². The Morgan fingerprint density at radius 2 is 2.33 bits per heavy atom. The SMILES string of the molecule is CCc1[c]nn(CC)[c]1. The Morgan fingerprint density at radius 3 is 2.67 bits per heavy atom. The van der Waals surface area contributed by atoms with Crippen molar-refractivity contribution in [3.8, 4) is 0 Å². The first-order chi connectivity index (χ1) is 4.36. The molecule has 1 rings (SSSR count). The maximum Gasteiger partial charge on any atom is 0.117 e. The summed E-state index contributed by atoms with van der Waals surface area (Å²) in [4.78, 5) is 0. The van der Waals surface area contributed by atoms with E-state index in [-0.39, 0.29) is 0 Å². The summed E-state index contributed by atoms with van der Waals surface area (Å²) in [5.41, 5.74) is 1.07. The van der Waals surface area contributed by atoms with Gasteiger partial charge in [-0.25, -0.2) is 0 Å². The lowest BCUT2D eigenvalue weighted by Gasteiger charge is -1.87. The van der Waals surface area contributed by atoms with E-state index in [1.54, 1.807) is 4.68 Å². The molecule has 2 radical (unpaired) electrons. The Bertz CT molecular complexity index is 160. The predicted octanol–water partition coefficient (Wildman–Crippen LogP) is 1.07. The number of hydrogen-bond acceptors (Lipinski definition) is 1. The summed E-state index contributed by atoms with van der Waals surface area (Å²) in [7, 11) is 0. The molecule has 0 unspecified atom stereocenters. The molecule has 1 heterocycles. The van der Waals surface area contributed by atoms with Crippen LogP contribution in [-0.2, 0) is 13.0 Å². The fourth-order valence-corrected chi connectivity index (χ4v) is 0.634. The van der Waals surface area contributed by atoms with Gasteiger partial charge in [-0.05, 0) is 13.3 Å². The molecule has 0 saturated carbocycles. The molecule has 0 aliphatic heterocycles. The molecule has 0 aliphatic rings. The number of aryl methyl sites for hydroxylation is 2. The smallest absolute Gasteiger partial charge is 0.117 e. The molecule has 0 spiro atoms. The van der Waals surface area contributed by atoms with Crippen molar-refractivity contribution >= 4 is 0 Å². The summed E-state index contributed by atoms with van der Waals surface area (Å²) in [6, 6.07) is 0. The van der Waals surface area contributed by atoms with E-state index in [1.807, 2.05) is 6.92 Å². The zero-order valence-electron chi connectivity index (χ0n) is 5.81. The molecule has 0 amide bonds. The molecular formula is C7H10N2. The monoisotopic (exact) mass is 122 g/mol. The van der Waals surface area contributed by atoms with Crippen molar-refractivity contribution in [3.63, 3.8) is 0 Å². The van der Waals surface area contributed by atoms with Gasteiger partial charge in [0.15, 0.2) is 0 Å². The van der Waals surface area contributed by atoms with Crippen molar-refractivity contribution in [2.24, 2.45) is 0 Å². The number of rotatable bonds is 2. The van der Waals surface area contributed by atoms with Crippen molar-refractivity contribution in [3.05, 3.63) is 18.0 Å². The quantitative estimate of drug-likeness (QED) is 0.573. The molecule has 48 valence electrons. The minimum Gasteiger partial charge on any atom is -0.263 e. The van der Waals surface area contributed by atoms with Gasteiger partial charge >= 0.3 is 0 Å². The number of nitrogens with zero attached hydrogens (tertiary/aromatic N) is 2. The summed E-state index contributed by atoms with van der Waals surface area (Å²) < 4.78 is 1.76. The molecule has 0 saturated heterocycles. The lowest BCUT2D eigenvalue weighted by atomic mass is 10.3. The van der Waals surface area contributed by atoms with Gasteiger partial charge in [0, 0.05) is 12.1 Å². The highest BCUT2D eigenvalue weighted by molar-refractivity contribution is 4.98. The van der Waals surface area contributed by atoms with Crippen molar-refractivity contribution < 1.29 is 0 Å². The second-order valence-corrected chi connectivity index (χ2v) is 1.87. The van der Waals surface area contributed by atoms with Crippen LogP contribution in [0.2, 0.25) is 0 Å². The first-order valence-electron chi connectivity index (χ1n) is 3.23. The Labute approximate surface area is 55.5 Å². The van der Waals surface area contributed by atoms with Gasteiger partial charge < -0.3 is 0 Å². The molecule has 0 N–H and O–H groups in total. The summed E-state index contributed by atoms with van der Waals surface area (Å²) in [6.07, 6.45) is 6.90. The van der Waals surface area contributed by atoms with Gasteiger partial charge in [-0.2, -0.15) is 5.10 Å². The van der Waals surface area contributed by atoms with Gasteiger partial charge in [0.25, 0.3) is 0 Å². The second-order valence-electron chi connectivity index (χ2n) is 1.87. The topological polar surface area (TPSA) is 17.8 Å². The standard InChI is InChI=1S/C7H10N2/c1-3-7-5-8-9(4-2)6-7/h3-4H2,1-2H3. The highest BCUT2D eigenvalue weighted by Crippen LogP contribution is 1.94. The Hall–Kier alpha value is -0.790. The van der Waals surface area contributed by atoms with Crippen LogP contribution in [0.15, 0.2) is 0 Å². The normalized spacial score (nSPS) is 10.0. The van der Waals surface area contributed by atoms with Crippen molar-refractivity contribution in [2.45, 2.75) is 26.8 Å². The molecule has 0 bridgehead atoms. The van der Waals surface area contributed by atoms with Crippen LogP contribution in [0, 0.1) is 12.4 Å². The number of hydrogen-bond donors (Lipinski definition) is 0. The first kappa shape index (κ1) is 6.33. The van der Waals surface area contributed by atoms with Crippen molar-refractivity contribution in [2.75, 3.05) is 0 Å². The molecule has 9 heavy (non-hydrogen) atoms. The summed E-state index contributed by atoms with van der Waals surface area (Å²) in [5.74, 6) is 0. The molecule has 1 aromatic heterocycles. The largest absolute Gasteiger partial charge is 0.263 e.